The van der Waals surface area contributed by atoms with Gasteiger partial charge < -0.3 is 9.15 Å². The van der Waals surface area contributed by atoms with Crippen molar-refractivity contribution in [3.63, 3.8) is 0 Å². The molecule has 0 radical (unpaired) electrons. The molecule has 0 amide bonds. The van der Waals surface area contributed by atoms with Crippen molar-refractivity contribution in [2.24, 2.45) is 5.92 Å². The van der Waals surface area contributed by atoms with Crippen molar-refractivity contribution in [1.29, 1.82) is 0 Å². The van der Waals surface area contributed by atoms with E-state index in [0.717, 1.165) is 18.7 Å². The van der Waals surface area contributed by atoms with Crippen LogP contribution >= 0.6 is 0 Å². The van der Waals surface area contributed by atoms with E-state index in [9.17, 15) is 0 Å². The lowest BCUT2D eigenvalue weighted by Gasteiger charge is -2.38. The molecule has 0 aliphatic carbocycles. The third-order valence-corrected chi connectivity index (χ3v) is 4.73. The van der Waals surface area contributed by atoms with Crippen LogP contribution in [0.15, 0.2) is 28.7 Å². The van der Waals surface area contributed by atoms with Crippen LogP contribution in [0.1, 0.15) is 62.9 Å². The van der Waals surface area contributed by atoms with Gasteiger partial charge >= 0.3 is 0 Å². The van der Waals surface area contributed by atoms with Gasteiger partial charge in [0.2, 0.25) is 11.8 Å². The maximum Gasteiger partial charge on any atom is 0.230 e. The summed E-state index contributed by atoms with van der Waals surface area (Å²) < 4.78 is 11.4. The molecule has 1 aromatic heterocycles. The van der Waals surface area contributed by atoms with Crippen LogP contribution in [0.4, 0.5) is 0 Å². The molecule has 1 aliphatic heterocycles. The highest BCUT2D eigenvalue weighted by Crippen LogP contribution is 2.38. The molecule has 130 valence electrons. The highest BCUT2D eigenvalue weighted by molar-refractivity contribution is 5.36. The smallest absolute Gasteiger partial charge is 0.230 e. The Morgan fingerprint density at radius 2 is 2.04 bits per heavy atom. The summed E-state index contributed by atoms with van der Waals surface area (Å²) in [5.74, 6) is 3.30. The van der Waals surface area contributed by atoms with Crippen molar-refractivity contribution in [3.05, 3.63) is 41.6 Å². The maximum atomic E-state index is 5.83. The van der Waals surface area contributed by atoms with E-state index in [-0.39, 0.29) is 5.92 Å². The molecular weight excluding hydrogens is 302 g/mol. The number of benzene rings is 1. The first-order valence-corrected chi connectivity index (χ1v) is 8.77. The maximum absolute atomic E-state index is 5.83. The number of nitrogens with zero attached hydrogens (tertiary/aromatic N) is 3. The van der Waals surface area contributed by atoms with Crippen molar-refractivity contribution in [1.82, 2.24) is 15.1 Å². The number of likely N-dealkylation sites (tertiary alicyclic amines) is 1. The number of piperidine rings is 1. The summed E-state index contributed by atoms with van der Waals surface area (Å²) in [4.78, 5) is 2.45. The van der Waals surface area contributed by atoms with Crippen LogP contribution in [0.5, 0.6) is 5.75 Å². The molecule has 2 unspecified atom stereocenters. The molecule has 2 atom stereocenters. The van der Waals surface area contributed by atoms with E-state index in [2.05, 4.69) is 48.0 Å². The van der Waals surface area contributed by atoms with Crippen LogP contribution in [0, 0.1) is 5.92 Å². The Bertz CT molecular complexity index is 668. The first-order chi connectivity index (χ1) is 11.6. The SMILES string of the molecule is COc1ccccc1C1CCC(C)CN1Cc1nnc(C(C)C)o1. The van der Waals surface area contributed by atoms with E-state index in [4.69, 9.17) is 9.15 Å². The second-order valence-corrected chi connectivity index (χ2v) is 7.06. The number of methoxy groups -OCH3 is 1. The van der Waals surface area contributed by atoms with Crippen molar-refractivity contribution < 1.29 is 9.15 Å². The van der Waals surface area contributed by atoms with Gasteiger partial charge in [0, 0.05) is 24.1 Å². The van der Waals surface area contributed by atoms with Crippen LogP contribution in [0.2, 0.25) is 0 Å². The van der Waals surface area contributed by atoms with Crippen molar-refractivity contribution in [2.75, 3.05) is 13.7 Å². The van der Waals surface area contributed by atoms with Crippen molar-refractivity contribution >= 4 is 0 Å². The minimum atomic E-state index is 0.261. The lowest BCUT2D eigenvalue weighted by molar-refractivity contribution is 0.0937. The van der Waals surface area contributed by atoms with E-state index >= 15 is 0 Å². The summed E-state index contributed by atoms with van der Waals surface area (Å²) in [6.07, 6.45) is 2.34. The van der Waals surface area contributed by atoms with Gasteiger partial charge in [0.15, 0.2) is 0 Å². The summed E-state index contributed by atoms with van der Waals surface area (Å²) in [5.41, 5.74) is 1.25. The van der Waals surface area contributed by atoms with E-state index in [0.29, 0.717) is 30.3 Å². The topological polar surface area (TPSA) is 51.4 Å². The van der Waals surface area contributed by atoms with Gasteiger partial charge in [-0.3, -0.25) is 4.90 Å². The molecule has 1 saturated heterocycles. The van der Waals surface area contributed by atoms with Crippen LogP contribution < -0.4 is 4.74 Å². The van der Waals surface area contributed by atoms with Crippen LogP contribution in [-0.2, 0) is 6.54 Å². The van der Waals surface area contributed by atoms with Gasteiger partial charge in [-0.2, -0.15) is 0 Å². The summed E-state index contributed by atoms with van der Waals surface area (Å²) in [5, 5.41) is 8.40. The minimum Gasteiger partial charge on any atom is -0.496 e. The molecule has 2 aromatic rings. The molecule has 0 bridgehead atoms. The molecule has 1 aromatic carbocycles. The zero-order chi connectivity index (χ0) is 17.1. The Kier molecular flexibility index (Phi) is 5.19. The van der Waals surface area contributed by atoms with Crippen LogP contribution in [0.3, 0.4) is 0 Å². The molecule has 3 rings (SSSR count). The predicted octanol–water partition coefficient (Wildman–Crippen LogP) is 4.17. The summed E-state index contributed by atoms with van der Waals surface area (Å²) in [6.45, 7) is 8.16. The van der Waals surface area contributed by atoms with Gasteiger partial charge in [0.1, 0.15) is 5.75 Å². The standard InChI is InChI=1S/C19H27N3O2/c1-13(2)19-21-20-18(24-19)12-22-11-14(3)9-10-16(22)15-7-5-6-8-17(15)23-4/h5-8,13-14,16H,9-12H2,1-4H3. The average Bonchev–Trinajstić information content (AvgIpc) is 3.04. The Morgan fingerprint density at radius 1 is 1.25 bits per heavy atom. The van der Waals surface area contributed by atoms with Crippen molar-refractivity contribution in [3.8, 4) is 5.75 Å². The summed E-state index contributed by atoms with van der Waals surface area (Å²) >= 11 is 0. The third kappa shape index (κ3) is 3.61. The molecule has 5 nitrogen and oxygen atoms in total. The molecule has 0 saturated carbocycles. The second kappa shape index (κ2) is 7.34. The van der Waals surface area contributed by atoms with Gasteiger partial charge in [0.25, 0.3) is 0 Å². The van der Waals surface area contributed by atoms with E-state index in [1.54, 1.807) is 7.11 Å². The fourth-order valence-corrected chi connectivity index (χ4v) is 3.45. The zero-order valence-corrected chi connectivity index (χ0v) is 15.0. The van der Waals surface area contributed by atoms with Gasteiger partial charge in [0.05, 0.1) is 13.7 Å². The lowest BCUT2D eigenvalue weighted by atomic mass is 9.89. The molecule has 5 heteroatoms. The predicted molar refractivity (Wildman–Crippen MR) is 92.9 cm³/mol. The number of para-hydroxylation sites is 1. The Balaban J connectivity index is 1.83. The fourth-order valence-electron chi connectivity index (χ4n) is 3.45. The van der Waals surface area contributed by atoms with Crippen molar-refractivity contribution in [2.45, 2.75) is 52.1 Å². The Morgan fingerprint density at radius 3 is 2.75 bits per heavy atom. The molecule has 1 aliphatic rings. The largest absolute Gasteiger partial charge is 0.496 e. The normalized spacial score (nSPS) is 22.0. The van der Waals surface area contributed by atoms with Gasteiger partial charge in [-0.15, -0.1) is 10.2 Å². The summed E-state index contributed by atoms with van der Waals surface area (Å²) in [6, 6.07) is 8.63. The van der Waals surface area contributed by atoms with E-state index < -0.39 is 0 Å². The number of hydrogen-bond acceptors (Lipinski definition) is 5. The minimum absolute atomic E-state index is 0.261. The highest BCUT2D eigenvalue weighted by Gasteiger charge is 2.30. The van der Waals surface area contributed by atoms with E-state index in [1.165, 1.54) is 12.0 Å². The number of rotatable bonds is 5. The first kappa shape index (κ1) is 17.0. The zero-order valence-electron chi connectivity index (χ0n) is 15.0. The average molecular weight is 329 g/mol. The Labute approximate surface area is 144 Å². The van der Waals surface area contributed by atoms with Gasteiger partial charge in [-0.25, -0.2) is 0 Å². The number of ether oxygens (including phenoxy) is 1. The second-order valence-electron chi connectivity index (χ2n) is 7.06. The third-order valence-electron chi connectivity index (χ3n) is 4.73. The summed E-state index contributed by atoms with van der Waals surface area (Å²) in [7, 11) is 1.74. The van der Waals surface area contributed by atoms with E-state index in [1.807, 2.05) is 12.1 Å². The molecular formula is C19H27N3O2. The number of aromatic nitrogens is 2. The number of hydrogen-bond donors (Lipinski definition) is 0. The lowest BCUT2D eigenvalue weighted by Crippen LogP contribution is -2.37. The molecule has 1 fully saturated rings. The monoisotopic (exact) mass is 329 g/mol. The molecule has 24 heavy (non-hydrogen) atoms. The Hall–Kier alpha value is -1.88. The first-order valence-electron chi connectivity index (χ1n) is 8.77. The molecule has 0 spiro atoms. The van der Waals surface area contributed by atoms with Gasteiger partial charge in [-0.1, -0.05) is 39.0 Å². The van der Waals surface area contributed by atoms with Crippen LogP contribution in [-0.4, -0.2) is 28.8 Å². The molecule has 0 N–H and O–H groups in total. The van der Waals surface area contributed by atoms with Crippen LogP contribution in [0.25, 0.3) is 0 Å². The fraction of sp³-hybridized carbons (Fsp3) is 0.579. The highest BCUT2D eigenvalue weighted by atomic mass is 16.5. The van der Waals surface area contributed by atoms with Gasteiger partial charge in [-0.05, 0) is 24.8 Å². The quantitative estimate of drug-likeness (QED) is 0.824. The molecule has 2 heterocycles.